The first-order chi connectivity index (χ1) is 10.1. The molecule has 1 aliphatic carbocycles. The highest BCUT2D eigenvalue weighted by atomic mass is 16.2. The van der Waals surface area contributed by atoms with Gasteiger partial charge in [-0.3, -0.25) is 4.90 Å². The van der Waals surface area contributed by atoms with Crippen molar-refractivity contribution in [2.24, 2.45) is 5.73 Å². The largest absolute Gasteiger partial charge is 0.334 e. The lowest BCUT2D eigenvalue weighted by atomic mass is 10.1. The van der Waals surface area contributed by atoms with Crippen LogP contribution in [0.2, 0.25) is 0 Å². The molecule has 2 fully saturated rings. The molecule has 5 nitrogen and oxygen atoms in total. The number of carbonyl (C=O) groups excluding carboxylic acids is 1. The van der Waals surface area contributed by atoms with Gasteiger partial charge in [0.2, 0.25) is 0 Å². The number of hydrogen-bond acceptors (Lipinski definition) is 3. The molecule has 2 atom stereocenters. The Bertz CT molecular complexity index is 513. The Morgan fingerprint density at radius 1 is 1.38 bits per heavy atom. The third-order valence-corrected chi connectivity index (χ3v) is 4.29. The summed E-state index contributed by atoms with van der Waals surface area (Å²) in [6.45, 7) is 4.03. The van der Waals surface area contributed by atoms with Crippen LogP contribution in [0.3, 0.4) is 0 Å². The summed E-state index contributed by atoms with van der Waals surface area (Å²) in [6, 6.07) is 8.59. The highest BCUT2D eigenvalue weighted by Crippen LogP contribution is 2.29. The Morgan fingerprint density at radius 2 is 2.19 bits per heavy atom. The van der Waals surface area contributed by atoms with Crippen molar-refractivity contribution in [1.82, 2.24) is 10.2 Å². The number of hydrogen-bond donors (Lipinski definition) is 3. The van der Waals surface area contributed by atoms with Crippen molar-refractivity contribution < 1.29 is 4.79 Å². The van der Waals surface area contributed by atoms with Gasteiger partial charge in [0, 0.05) is 36.9 Å². The Hall–Kier alpha value is -1.59. The van der Waals surface area contributed by atoms with Gasteiger partial charge in [-0.1, -0.05) is 12.1 Å². The van der Waals surface area contributed by atoms with Gasteiger partial charge in [0.15, 0.2) is 0 Å². The van der Waals surface area contributed by atoms with Gasteiger partial charge in [0.05, 0.1) is 0 Å². The number of carbonyl (C=O) groups is 1. The van der Waals surface area contributed by atoms with E-state index < -0.39 is 0 Å². The molecule has 3 rings (SSSR count). The van der Waals surface area contributed by atoms with Crippen LogP contribution in [-0.2, 0) is 0 Å². The van der Waals surface area contributed by atoms with E-state index in [4.69, 9.17) is 5.73 Å². The number of anilines is 1. The van der Waals surface area contributed by atoms with Gasteiger partial charge in [-0.15, -0.1) is 0 Å². The molecule has 1 aromatic rings. The van der Waals surface area contributed by atoms with Crippen LogP contribution < -0.4 is 16.4 Å². The average Bonchev–Trinajstić information content (AvgIpc) is 3.20. The first-order valence-electron chi connectivity index (χ1n) is 7.79. The molecule has 1 saturated carbocycles. The molecular formula is C16H24N4O. The second-order valence-electron chi connectivity index (χ2n) is 6.22. The summed E-state index contributed by atoms with van der Waals surface area (Å²) in [7, 11) is 0. The molecule has 5 heteroatoms. The first-order valence-corrected chi connectivity index (χ1v) is 7.79. The maximum atomic E-state index is 12.1. The van der Waals surface area contributed by atoms with E-state index in [1.165, 1.54) is 12.8 Å². The lowest BCUT2D eigenvalue weighted by Gasteiger charge is -2.16. The average molecular weight is 288 g/mol. The minimum absolute atomic E-state index is 0.0308. The van der Waals surface area contributed by atoms with Gasteiger partial charge >= 0.3 is 6.03 Å². The number of rotatable bonds is 4. The van der Waals surface area contributed by atoms with Crippen LogP contribution in [0.25, 0.3) is 0 Å². The summed E-state index contributed by atoms with van der Waals surface area (Å²) in [4.78, 5) is 14.6. The molecule has 1 aromatic carbocycles. The molecule has 2 amide bonds. The molecule has 0 aromatic heterocycles. The van der Waals surface area contributed by atoms with Crippen molar-refractivity contribution in [3.63, 3.8) is 0 Å². The Balaban J connectivity index is 1.51. The van der Waals surface area contributed by atoms with Crippen molar-refractivity contribution >= 4 is 11.7 Å². The minimum Gasteiger partial charge on any atom is -0.334 e. The number of nitrogens with two attached hydrogens (primary N) is 1. The van der Waals surface area contributed by atoms with E-state index in [9.17, 15) is 4.79 Å². The van der Waals surface area contributed by atoms with E-state index in [-0.39, 0.29) is 18.1 Å². The number of nitrogens with zero attached hydrogens (tertiary/aromatic N) is 1. The van der Waals surface area contributed by atoms with Crippen molar-refractivity contribution in [2.75, 3.05) is 18.4 Å². The van der Waals surface area contributed by atoms with E-state index in [0.717, 1.165) is 36.8 Å². The van der Waals surface area contributed by atoms with Crippen molar-refractivity contribution in [3.8, 4) is 0 Å². The molecule has 0 bridgehead atoms. The van der Waals surface area contributed by atoms with Gasteiger partial charge in [-0.25, -0.2) is 4.79 Å². The quantitative estimate of drug-likeness (QED) is 0.794. The van der Waals surface area contributed by atoms with E-state index in [2.05, 4.69) is 15.5 Å². The fourth-order valence-electron chi connectivity index (χ4n) is 2.93. The van der Waals surface area contributed by atoms with Gasteiger partial charge < -0.3 is 16.4 Å². The maximum Gasteiger partial charge on any atom is 0.319 e. The number of benzene rings is 1. The van der Waals surface area contributed by atoms with Crippen LogP contribution in [0.15, 0.2) is 24.3 Å². The highest BCUT2D eigenvalue weighted by molar-refractivity contribution is 5.89. The summed E-state index contributed by atoms with van der Waals surface area (Å²) in [6.07, 6.45) is 3.69. The molecule has 0 spiro atoms. The molecule has 4 N–H and O–H groups in total. The molecule has 2 aliphatic rings. The highest BCUT2D eigenvalue weighted by Gasteiger charge is 2.34. The normalized spacial score (nSPS) is 23.8. The molecule has 1 heterocycles. The summed E-state index contributed by atoms with van der Waals surface area (Å²) in [5, 5.41) is 5.97. The fraction of sp³-hybridized carbons (Fsp3) is 0.562. The van der Waals surface area contributed by atoms with Crippen LogP contribution in [0.5, 0.6) is 0 Å². The molecule has 114 valence electrons. The Kier molecular flexibility index (Phi) is 4.12. The SMILES string of the molecule is CC(N)c1cccc(NC(=O)NC2CCN(C3CC3)C2)c1. The number of likely N-dealkylation sites (tertiary alicyclic amines) is 1. The Labute approximate surface area is 125 Å². The predicted octanol–water partition coefficient (Wildman–Crippen LogP) is 2.06. The van der Waals surface area contributed by atoms with Crippen molar-refractivity contribution in [3.05, 3.63) is 29.8 Å². The molecule has 0 radical (unpaired) electrons. The molecule has 1 aliphatic heterocycles. The standard InChI is InChI=1S/C16H24N4O/c1-11(17)12-3-2-4-13(9-12)18-16(21)19-14-7-8-20(10-14)15-5-6-15/h2-4,9,11,14-15H,5-8,10,17H2,1H3,(H2,18,19,21). The lowest BCUT2D eigenvalue weighted by molar-refractivity contribution is 0.247. The van der Waals surface area contributed by atoms with E-state index >= 15 is 0 Å². The summed E-state index contributed by atoms with van der Waals surface area (Å²) in [5.74, 6) is 0. The van der Waals surface area contributed by atoms with Crippen molar-refractivity contribution in [2.45, 2.75) is 44.3 Å². The number of urea groups is 1. The maximum absolute atomic E-state index is 12.1. The molecule has 1 saturated heterocycles. The van der Waals surface area contributed by atoms with Gasteiger partial charge in [-0.05, 0) is 43.9 Å². The van der Waals surface area contributed by atoms with Crippen LogP contribution in [0.1, 0.15) is 37.8 Å². The zero-order chi connectivity index (χ0) is 14.8. The third-order valence-electron chi connectivity index (χ3n) is 4.29. The van der Waals surface area contributed by atoms with Crippen molar-refractivity contribution in [1.29, 1.82) is 0 Å². The van der Waals surface area contributed by atoms with Crippen LogP contribution in [-0.4, -0.2) is 36.1 Å². The molecular weight excluding hydrogens is 264 g/mol. The fourth-order valence-corrected chi connectivity index (χ4v) is 2.93. The summed E-state index contributed by atoms with van der Waals surface area (Å²) in [5.41, 5.74) is 7.67. The topological polar surface area (TPSA) is 70.4 Å². The minimum atomic E-state index is -0.125. The van der Waals surface area contributed by atoms with Gasteiger partial charge in [0.1, 0.15) is 0 Å². The van der Waals surface area contributed by atoms with Gasteiger partial charge in [-0.2, -0.15) is 0 Å². The smallest absolute Gasteiger partial charge is 0.319 e. The molecule has 21 heavy (non-hydrogen) atoms. The first kappa shape index (κ1) is 14.4. The summed E-state index contributed by atoms with van der Waals surface area (Å²) < 4.78 is 0. The zero-order valence-electron chi connectivity index (χ0n) is 12.5. The third kappa shape index (κ3) is 3.74. The Morgan fingerprint density at radius 3 is 2.90 bits per heavy atom. The zero-order valence-corrected chi connectivity index (χ0v) is 12.5. The molecule has 2 unspecified atom stereocenters. The number of amides is 2. The lowest BCUT2D eigenvalue weighted by Crippen LogP contribution is -2.40. The van der Waals surface area contributed by atoms with E-state index in [0.29, 0.717) is 0 Å². The second kappa shape index (κ2) is 6.03. The van der Waals surface area contributed by atoms with Crippen LogP contribution >= 0.6 is 0 Å². The number of nitrogens with one attached hydrogen (secondary N) is 2. The monoisotopic (exact) mass is 288 g/mol. The van der Waals surface area contributed by atoms with E-state index in [1.54, 1.807) is 0 Å². The van der Waals surface area contributed by atoms with Crippen LogP contribution in [0, 0.1) is 0 Å². The van der Waals surface area contributed by atoms with Gasteiger partial charge in [0.25, 0.3) is 0 Å². The summed E-state index contributed by atoms with van der Waals surface area (Å²) >= 11 is 0. The predicted molar refractivity (Wildman–Crippen MR) is 84.2 cm³/mol. The van der Waals surface area contributed by atoms with Crippen LogP contribution in [0.4, 0.5) is 10.5 Å². The second-order valence-corrected chi connectivity index (χ2v) is 6.22. The van der Waals surface area contributed by atoms with E-state index in [1.807, 2.05) is 31.2 Å².